The van der Waals surface area contributed by atoms with Gasteiger partial charge in [-0.1, -0.05) is 26.0 Å². The summed E-state index contributed by atoms with van der Waals surface area (Å²) in [6.07, 6.45) is 6.66. The van der Waals surface area contributed by atoms with E-state index in [1.807, 2.05) is 6.92 Å². The van der Waals surface area contributed by atoms with E-state index in [-0.39, 0.29) is 0 Å². The second kappa shape index (κ2) is 4.89. The van der Waals surface area contributed by atoms with Gasteiger partial charge in [-0.25, -0.2) is 0 Å². The van der Waals surface area contributed by atoms with Crippen LogP contribution in [0.2, 0.25) is 0 Å². The Hall–Kier alpha value is -0.260. The van der Waals surface area contributed by atoms with E-state index in [1.165, 1.54) is 12.8 Å². The zero-order valence-corrected chi connectivity index (χ0v) is 5.85. The highest BCUT2D eigenvalue weighted by Gasteiger charge is 1.87. The second-order valence-corrected chi connectivity index (χ2v) is 2.25. The monoisotopic (exact) mass is 111 g/mol. The van der Waals surface area contributed by atoms with Gasteiger partial charge in [0.25, 0.3) is 0 Å². The standard InChI is InChI=1S/C8H15/c1-4-5-6-7-8(2)3/h4-5,8H,2,6-7H2,1,3H3. The predicted octanol–water partition coefficient (Wildman–Crippen LogP) is 2.81. The van der Waals surface area contributed by atoms with Gasteiger partial charge in [-0.05, 0) is 25.7 Å². The summed E-state index contributed by atoms with van der Waals surface area (Å²) in [5.41, 5.74) is 0. The highest BCUT2D eigenvalue weighted by atomic mass is 13.9. The maximum atomic E-state index is 3.88. The van der Waals surface area contributed by atoms with Crippen LogP contribution in [0.25, 0.3) is 0 Å². The number of hydrogen-bond acceptors (Lipinski definition) is 0. The van der Waals surface area contributed by atoms with Crippen LogP contribution in [0.3, 0.4) is 0 Å². The summed E-state index contributed by atoms with van der Waals surface area (Å²) in [6, 6.07) is 0. The summed E-state index contributed by atoms with van der Waals surface area (Å²) >= 11 is 0. The summed E-state index contributed by atoms with van der Waals surface area (Å²) in [5.74, 6) is 0.603. The van der Waals surface area contributed by atoms with Crippen molar-refractivity contribution in [1.82, 2.24) is 0 Å². The van der Waals surface area contributed by atoms with Crippen LogP contribution in [0.1, 0.15) is 26.7 Å². The maximum absolute atomic E-state index is 3.88. The van der Waals surface area contributed by atoms with E-state index in [9.17, 15) is 0 Å². The molecule has 0 fully saturated rings. The fraction of sp³-hybridized carbons (Fsp3) is 0.625. The molecule has 0 heteroatoms. The molecule has 47 valence electrons. The molecule has 1 unspecified atom stereocenters. The van der Waals surface area contributed by atoms with Crippen molar-refractivity contribution in [2.45, 2.75) is 26.7 Å². The van der Waals surface area contributed by atoms with Gasteiger partial charge in [-0.3, -0.25) is 0 Å². The summed E-state index contributed by atoms with van der Waals surface area (Å²) in [7, 11) is 0. The Balaban J connectivity index is 2.93. The van der Waals surface area contributed by atoms with Crippen LogP contribution in [0.5, 0.6) is 0 Å². The molecule has 0 aliphatic carbocycles. The van der Waals surface area contributed by atoms with E-state index in [0.717, 1.165) is 0 Å². The van der Waals surface area contributed by atoms with Crippen molar-refractivity contribution in [1.29, 1.82) is 0 Å². The molecular weight excluding hydrogens is 96.1 g/mol. The molecule has 8 heavy (non-hydrogen) atoms. The van der Waals surface area contributed by atoms with Crippen molar-refractivity contribution in [3.05, 3.63) is 19.1 Å². The number of hydrogen-bond donors (Lipinski definition) is 0. The molecule has 0 saturated heterocycles. The molecule has 0 N–H and O–H groups in total. The van der Waals surface area contributed by atoms with Gasteiger partial charge in [0.2, 0.25) is 0 Å². The van der Waals surface area contributed by atoms with Crippen LogP contribution in [-0.2, 0) is 0 Å². The lowest BCUT2D eigenvalue weighted by Crippen LogP contribution is -1.83. The third kappa shape index (κ3) is 5.74. The van der Waals surface area contributed by atoms with Crippen LogP contribution in [-0.4, -0.2) is 0 Å². The number of allylic oxidation sites excluding steroid dienone is 2. The van der Waals surface area contributed by atoms with Gasteiger partial charge < -0.3 is 0 Å². The average molecular weight is 111 g/mol. The number of rotatable bonds is 3. The molecule has 0 aliphatic rings. The Morgan fingerprint density at radius 2 is 2.25 bits per heavy atom. The van der Waals surface area contributed by atoms with Gasteiger partial charge in [0.1, 0.15) is 0 Å². The van der Waals surface area contributed by atoms with Gasteiger partial charge in [0.05, 0.1) is 0 Å². The highest BCUT2D eigenvalue weighted by molar-refractivity contribution is 4.77. The van der Waals surface area contributed by atoms with Gasteiger partial charge in [-0.15, -0.1) is 0 Å². The van der Waals surface area contributed by atoms with Crippen molar-refractivity contribution in [2.75, 3.05) is 0 Å². The average Bonchev–Trinajstić information content (AvgIpc) is 1.66. The first-order chi connectivity index (χ1) is 3.77. The summed E-state index contributed by atoms with van der Waals surface area (Å²) in [5, 5.41) is 0. The minimum atomic E-state index is 0.603. The molecule has 0 spiro atoms. The van der Waals surface area contributed by atoms with E-state index in [1.54, 1.807) is 0 Å². The Bertz CT molecular complexity index is 60.4. The van der Waals surface area contributed by atoms with Gasteiger partial charge >= 0.3 is 0 Å². The molecule has 0 aromatic carbocycles. The van der Waals surface area contributed by atoms with Crippen molar-refractivity contribution in [3.8, 4) is 0 Å². The zero-order chi connectivity index (χ0) is 6.41. The molecule has 0 heterocycles. The highest BCUT2D eigenvalue weighted by Crippen LogP contribution is 2.02. The van der Waals surface area contributed by atoms with E-state index in [0.29, 0.717) is 5.92 Å². The summed E-state index contributed by atoms with van der Waals surface area (Å²) in [6.45, 7) is 8.07. The third-order valence-electron chi connectivity index (χ3n) is 1.06. The van der Waals surface area contributed by atoms with Crippen LogP contribution in [0.15, 0.2) is 12.2 Å². The van der Waals surface area contributed by atoms with Crippen molar-refractivity contribution >= 4 is 0 Å². The first-order valence-electron chi connectivity index (χ1n) is 3.21. The minimum Gasteiger partial charge on any atom is -0.0917 e. The largest absolute Gasteiger partial charge is 0.0917 e. The SMILES string of the molecule is [CH2]C(C)CCC=CC. The molecule has 0 rings (SSSR count). The molecule has 0 nitrogen and oxygen atoms in total. The van der Waals surface area contributed by atoms with Gasteiger partial charge in [-0.2, -0.15) is 0 Å². The topological polar surface area (TPSA) is 0 Å². The lowest BCUT2D eigenvalue weighted by Gasteiger charge is -1.97. The minimum absolute atomic E-state index is 0.603. The third-order valence-corrected chi connectivity index (χ3v) is 1.06. The summed E-state index contributed by atoms with van der Waals surface area (Å²) < 4.78 is 0. The normalized spacial score (nSPS) is 11.5. The molecule has 1 atom stereocenters. The summed E-state index contributed by atoms with van der Waals surface area (Å²) in [4.78, 5) is 0. The fourth-order valence-corrected chi connectivity index (χ4v) is 0.547. The molecule has 0 amide bonds. The molecule has 0 aliphatic heterocycles. The van der Waals surface area contributed by atoms with E-state index < -0.39 is 0 Å². The van der Waals surface area contributed by atoms with Crippen molar-refractivity contribution in [3.63, 3.8) is 0 Å². The first kappa shape index (κ1) is 7.74. The smallest absolute Gasteiger partial charge is 0.0348 e. The van der Waals surface area contributed by atoms with E-state index >= 15 is 0 Å². The zero-order valence-electron chi connectivity index (χ0n) is 5.85. The molecule has 0 aromatic heterocycles. The molecular formula is C8H15. The first-order valence-corrected chi connectivity index (χ1v) is 3.21. The van der Waals surface area contributed by atoms with Crippen LogP contribution in [0, 0.1) is 12.8 Å². The van der Waals surface area contributed by atoms with Crippen molar-refractivity contribution in [2.24, 2.45) is 5.92 Å². The Morgan fingerprint density at radius 3 is 2.62 bits per heavy atom. The quantitative estimate of drug-likeness (QED) is 0.491. The fourth-order valence-electron chi connectivity index (χ4n) is 0.547. The lowest BCUT2D eigenvalue weighted by molar-refractivity contribution is 0.654. The van der Waals surface area contributed by atoms with Crippen LogP contribution >= 0.6 is 0 Å². The second-order valence-electron chi connectivity index (χ2n) is 2.25. The Labute approximate surface area is 52.6 Å². The predicted molar refractivity (Wildman–Crippen MR) is 38.6 cm³/mol. The van der Waals surface area contributed by atoms with Crippen molar-refractivity contribution < 1.29 is 0 Å². The van der Waals surface area contributed by atoms with Gasteiger partial charge in [0.15, 0.2) is 0 Å². The Morgan fingerprint density at radius 1 is 1.62 bits per heavy atom. The lowest BCUT2D eigenvalue weighted by atomic mass is 10.1. The maximum Gasteiger partial charge on any atom is -0.0348 e. The van der Waals surface area contributed by atoms with Gasteiger partial charge in [0, 0.05) is 0 Å². The molecule has 0 saturated carbocycles. The van der Waals surface area contributed by atoms with Crippen LogP contribution < -0.4 is 0 Å². The molecule has 0 bridgehead atoms. The van der Waals surface area contributed by atoms with Crippen LogP contribution in [0.4, 0.5) is 0 Å². The molecule has 0 aromatic rings. The van der Waals surface area contributed by atoms with E-state index in [2.05, 4.69) is 26.0 Å². The van der Waals surface area contributed by atoms with E-state index in [4.69, 9.17) is 0 Å². The molecule has 1 radical (unpaired) electrons. The Kier molecular flexibility index (Phi) is 4.73.